The number of rotatable bonds is 7. The predicted octanol–water partition coefficient (Wildman–Crippen LogP) is 1.45. The van der Waals surface area contributed by atoms with E-state index in [1.54, 1.807) is 30.9 Å². The van der Waals surface area contributed by atoms with Crippen LogP contribution >= 0.6 is 0 Å². The quantitative estimate of drug-likeness (QED) is 0.771. The van der Waals surface area contributed by atoms with Crippen molar-refractivity contribution in [3.05, 3.63) is 24.3 Å². The Balaban J connectivity index is 2.09. The average Bonchev–Trinajstić information content (AvgIpc) is 2.93. The maximum atomic E-state index is 12.3. The summed E-state index contributed by atoms with van der Waals surface area (Å²) in [6.07, 6.45) is 1.31. The Labute approximate surface area is 141 Å². The Morgan fingerprint density at radius 1 is 1.29 bits per heavy atom. The van der Waals surface area contributed by atoms with Gasteiger partial charge in [-0.1, -0.05) is 13.8 Å². The minimum absolute atomic E-state index is 0.0324. The average molecular weight is 354 g/mol. The van der Waals surface area contributed by atoms with Gasteiger partial charge in [-0.3, -0.25) is 9.59 Å². The molecule has 1 aromatic rings. The molecule has 24 heavy (non-hydrogen) atoms. The number of nitrogens with zero attached hydrogens (tertiary/aromatic N) is 1. The lowest BCUT2D eigenvalue weighted by atomic mass is 9.97. The number of benzene rings is 1. The number of nitrogens with one attached hydrogen (secondary N) is 1. The van der Waals surface area contributed by atoms with Gasteiger partial charge >= 0.3 is 5.97 Å². The predicted molar refractivity (Wildman–Crippen MR) is 89.2 cm³/mol. The minimum atomic E-state index is -3.79. The Morgan fingerprint density at radius 3 is 2.38 bits per heavy atom. The largest absolute Gasteiger partial charge is 0.481 e. The van der Waals surface area contributed by atoms with Crippen LogP contribution in [0.15, 0.2) is 29.2 Å². The highest BCUT2D eigenvalue weighted by Gasteiger charge is 2.25. The van der Waals surface area contributed by atoms with Crippen molar-refractivity contribution in [3.63, 3.8) is 0 Å². The number of hydrogen-bond donors (Lipinski definition) is 2. The van der Waals surface area contributed by atoms with Crippen LogP contribution in [0.5, 0.6) is 0 Å². The molecule has 0 radical (unpaired) electrons. The maximum Gasteiger partial charge on any atom is 0.308 e. The molecule has 1 heterocycles. The molecule has 1 amide bonds. The summed E-state index contributed by atoms with van der Waals surface area (Å²) in [5.41, 5.74) is 0.669. The Morgan fingerprint density at radius 2 is 1.92 bits per heavy atom. The fourth-order valence-electron chi connectivity index (χ4n) is 2.62. The minimum Gasteiger partial charge on any atom is -0.481 e. The number of carboxylic acids is 1. The molecule has 0 spiro atoms. The first-order valence-electron chi connectivity index (χ1n) is 7.85. The van der Waals surface area contributed by atoms with Gasteiger partial charge in [-0.15, -0.1) is 0 Å². The van der Waals surface area contributed by atoms with E-state index in [4.69, 9.17) is 5.11 Å². The van der Waals surface area contributed by atoms with Gasteiger partial charge in [-0.25, -0.2) is 13.1 Å². The first kappa shape index (κ1) is 18.4. The highest BCUT2D eigenvalue weighted by molar-refractivity contribution is 7.89. The van der Waals surface area contributed by atoms with Crippen molar-refractivity contribution in [3.8, 4) is 0 Å². The number of carbonyl (C=O) groups is 2. The van der Waals surface area contributed by atoms with Gasteiger partial charge in [-0.2, -0.15) is 0 Å². The number of amides is 1. The lowest BCUT2D eigenvalue weighted by molar-refractivity contribution is -0.142. The number of carbonyl (C=O) groups excluding carboxylic acids is 1. The number of hydrogen-bond acceptors (Lipinski definition) is 4. The van der Waals surface area contributed by atoms with E-state index < -0.39 is 21.9 Å². The molecule has 0 aliphatic carbocycles. The first-order chi connectivity index (χ1) is 11.2. The van der Waals surface area contributed by atoms with E-state index in [2.05, 4.69) is 4.72 Å². The molecule has 7 nitrogen and oxygen atoms in total. The molecule has 1 atom stereocenters. The Hall–Kier alpha value is -1.93. The van der Waals surface area contributed by atoms with Gasteiger partial charge in [0.2, 0.25) is 15.9 Å². The molecule has 2 rings (SSSR count). The van der Waals surface area contributed by atoms with E-state index in [1.807, 2.05) is 0 Å². The van der Waals surface area contributed by atoms with Crippen molar-refractivity contribution in [2.24, 2.45) is 11.8 Å². The molecule has 1 fully saturated rings. The topological polar surface area (TPSA) is 104 Å². The Kier molecular flexibility index (Phi) is 5.61. The summed E-state index contributed by atoms with van der Waals surface area (Å²) in [5, 5.41) is 9.12. The summed E-state index contributed by atoms with van der Waals surface area (Å²) in [4.78, 5) is 24.5. The van der Waals surface area contributed by atoms with E-state index in [0.717, 1.165) is 6.42 Å². The molecule has 132 valence electrons. The van der Waals surface area contributed by atoms with Gasteiger partial charge in [0.25, 0.3) is 0 Å². The van der Waals surface area contributed by atoms with Gasteiger partial charge in [0.1, 0.15) is 0 Å². The number of anilines is 1. The summed E-state index contributed by atoms with van der Waals surface area (Å²) in [6, 6.07) is 6.03. The lowest BCUT2D eigenvalue weighted by Crippen LogP contribution is -2.35. The molecule has 0 bridgehead atoms. The SMILES string of the molecule is CC(C)C(CNS(=O)(=O)c1ccc(N2CCCC2=O)cc1)C(=O)O. The standard InChI is InChI=1S/C16H22N2O5S/c1-11(2)14(16(20)21)10-17-24(22,23)13-7-5-12(6-8-13)18-9-3-4-15(18)19/h5-8,11,14,17H,3-4,9-10H2,1-2H3,(H,20,21). The van der Waals surface area contributed by atoms with E-state index in [9.17, 15) is 18.0 Å². The van der Waals surface area contributed by atoms with Crippen LogP contribution in [0.1, 0.15) is 26.7 Å². The van der Waals surface area contributed by atoms with Crippen molar-refractivity contribution in [1.82, 2.24) is 4.72 Å². The fraction of sp³-hybridized carbons (Fsp3) is 0.500. The van der Waals surface area contributed by atoms with Crippen molar-refractivity contribution in [2.75, 3.05) is 18.0 Å². The zero-order valence-corrected chi connectivity index (χ0v) is 14.5. The molecule has 0 saturated carbocycles. The van der Waals surface area contributed by atoms with Crippen LogP contribution in [0.3, 0.4) is 0 Å². The molecular weight excluding hydrogens is 332 g/mol. The van der Waals surface area contributed by atoms with E-state index in [-0.39, 0.29) is 23.3 Å². The molecule has 1 aromatic carbocycles. The van der Waals surface area contributed by atoms with Crippen LogP contribution in [-0.2, 0) is 19.6 Å². The van der Waals surface area contributed by atoms with Gasteiger partial charge in [-0.05, 0) is 36.6 Å². The van der Waals surface area contributed by atoms with Crippen molar-refractivity contribution in [2.45, 2.75) is 31.6 Å². The molecule has 1 unspecified atom stereocenters. The molecule has 1 aliphatic rings. The zero-order chi connectivity index (χ0) is 17.9. The number of carboxylic acid groups (broad SMARTS) is 1. The normalized spacial score (nSPS) is 16.6. The molecule has 8 heteroatoms. The highest BCUT2D eigenvalue weighted by atomic mass is 32.2. The third kappa shape index (κ3) is 4.12. The van der Waals surface area contributed by atoms with Crippen LogP contribution in [0.25, 0.3) is 0 Å². The first-order valence-corrected chi connectivity index (χ1v) is 9.33. The summed E-state index contributed by atoms with van der Waals surface area (Å²) in [7, 11) is -3.79. The van der Waals surface area contributed by atoms with E-state index in [1.165, 1.54) is 12.1 Å². The van der Waals surface area contributed by atoms with Crippen LogP contribution in [0, 0.1) is 11.8 Å². The molecule has 1 aliphatic heterocycles. The molecule has 1 saturated heterocycles. The number of sulfonamides is 1. The van der Waals surface area contributed by atoms with E-state index >= 15 is 0 Å². The summed E-state index contributed by atoms with van der Waals surface area (Å²) >= 11 is 0. The van der Waals surface area contributed by atoms with Gasteiger partial charge in [0.15, 0.2) is 0 Å². The highest BCUT2D eigenvalue weighted by Crippen LogP contribution is 2.23. The molecular formula is C16H22N2O5S. The molecule has 0 aromatic heterocycles. The monoisotopic (exact) mass is 354 g/mol. The second-order valence-corrected chi connectivity index (χ2v) is 7.95. The van der Waals surface area contributed by atoms with Gasteiger partial charge < -0.3 is 10.0 Å². The van der Waals surface area contributed by atoms with Crippen LogP contribution in [0.4, 0.5) is 5.69 Å². The number of aliphatic carboxylic acids is 1. The third-order valence-electron chi connectivity index (χ3n) is 4.15. The van der Waals surface area contributed by atoms with Crippen molar-refractivity contribution >= 4 is 27.6 Å². The Bertz CT molecular complexity index is 712. The van der Waals surface area contributed by atoms with Crippen LogP contribution in [-0.4, -0.2) is 38.5 Å². The molecule has 2 N–H and O–H groups in total. The second kappa shape index (κ2) is 7.31. The van der Waals surface area contributed by atoms with Gasteiger partial charge in [0.05, 0.1) is 10.8 Å². The lowest BCUT2D eigenvalue weighted by Gasteiger charge is -2.18. The van der Waals surface area contributed by atoms with Crippen LogP contribution < -0.4 is 9.62 Å². The summed E-state index contributed by atoms with van der Waals surface area (Å²) in [6.45, 7) is 3.93. The summed E-state index contributed by atoms with van der Waals surface area (Å²) in [5.74, 6) is -1.98. The third-order valence-corrected chi connectivity index (χ3v) is 5.59. The van der Waals surface area contributed by atoms with Gasteiger partial charge in [0, 0.05) is 25.2 Å². The zero-order valence-electron chi connectivity index (χ0n) is 13.7. The van der Waals surface area contributed by atoms with E-state index in [0.29, 0.717) is 18.7 Å². The van der Waals surface area contributed by atoms with Crippen molar-refractivity contribution in [1.29, 1.82) is 0 Å². The summed E-state index contributed by atoms with van der Waals surface area (Å²) < 4.78 is 26.9. The fourth-order valence-corrected chi connectivity index (χ4v) is 3.68. The second-order valence-electron chi connectivity index (χ2n) is 6.18. The van der Waals surface area contributed by atoms with Crippen molar-refractivity contribution < 1.29 is 23.1 Å². The van der Waals surface area contributed by atoms with Crippen LogP contribution in [0.2, 0.25) is 0 Å². The maximum absolute atomic E-state index is 12.3. The smallest absolute Gasteiger partial charge is 0.308 e.